The molecule has 2 amide bonds. The van der Waals surface area contributed by atoms with Crippen molar-refractivity contribution in [1.82, 2.24) is 25.5 Å². The first-order chi connectivity index (χ1) is 17.7. The molecule has 206 valence electrons. The second-order valence-electron chi connectivity index (χ2n) is 8.75. The Balaban J connectivity index is 1.58. The molecule has 13 nitrogen and oxygen atoms in total. The van der Waals surface area contributed by atoms with Crippen molar-refractivity contribution in [2.45, 2.75) is 56.8 Å². The molecule has 1 aromatic heterocycles. The Kier molecular flexibility index (Phi) is 13.1. The summed E-state index contributed by atoms with van der Waals surface area (Å²) in [4.78, 5) is 49.3. The van der Waals surface area contributed by atoms with Crippen molar-refractivity contribution in [2.75, 3.05) is 51.3 Å². The van der Waals surface area contributed by atoms with Gasteiger partial charge in [-0.1, -0.05) is 11.8 Å². The summed E-state index contributed by atoms with van der Waals surface area (Å²) < 4.78 is 5.98. The van der Waals surface area contributed by atoms with Crippen LogP contribution in [-0.2, 0) is 14.3 Å². The van der Waals surface area contributed by atoms with Crippen LogP contribution in [-0.4, -0.2) is 89.4 Å². The number of aliphatic imine (C=N–C) groups is 1. The molecule has 2 rings (SSSR count). The molecule has 1 aromatic rings. The van der Waals surface area contributed by atoms with E-state index in [1.165, 1.54) is 0 Å². The highest BCUT2D eigenvalue weighted by molar-refractivity contribution is 8.13. The van der Waals surface area contributed by atoms with Gasteiger partial charge in [-0.05, 0) is 52.0 Å². The molecule has 14 heteroatoms. The van der Waals surface area contributed by atoms with E-state index in [4.69, 9.17) is 21.9 Å². The fourth-order valence-corrected chi connectivity index (χ4v) is 4.56. The molecule has 1 aliphatic rings. The number of nitrogen functional groups attached to an aromatic ring is 2. The summed E-state index contributed by atoms with van der Waals surface area (Å²) in [6.45, 7) is 5.62. The Morgan fingerprint density at radius 3 is 2.62 bits per heavy atom. The number of nitrogens with zero attached hydrogens (tertiary/aromatic N) is 4. The van der Waals surface area contributed by atoms with Crippen molar-refractivity contribution in [2.24, 2.45) is 10.7 Å². The van der Waals surface area contributed by atoms with Gasteiger partial charge in [0.25, 0.3) is 5.91 Å². The quantitative estimate of drug-likeness (QED) is 0.0929. The highest BCUT2D eigenvalue weighted by Gasteiger charge is 2.21. The molecule has 1 aliphatic heterocycles. The van der Waals surface area contributed by atoms with E-state index < -0.39 is 5.91 Å². The Morgan fingerprint density at radius 1 is 1.22 bits per heavy atom. The summed E-state index contributed by atoms with van der Waals surface area (Å²) in [7, 11) is 1.57. The van der Waals surface area contributed by atoms with Gasteiger partial charge in [-0.15, -0.1) is 0 Å². The summed E-state index contributed by atoms with van der Waals surface area (Å²) >= 11 is 1.01. The second-order valence-corrected chi connectivity index (χ2v) is 9.78. The number of rotatable bonds is 14. The maximum Gasteiger partial charge on any atom is 0.280 e. The fraction of sp³-hybridized carbons (Fsp3) is 0.652. The van der Waals surface area contributed by atoms with Crippen LogP contribution in [0.5, 0.6) is 0 Å². The lowest BCUT2D eigenvalue weighted by molar-refractivity contribution is -0.120. The van der Waals surface area contributed by atoms with Gasteiger partial charge in [-0.25, -0.2) is 9.97 Å². The lowest BCUT2D eigenvalue weighted by Gasteiger charge is -2.32. The number of aryl methyl sites for hydroxylation is 1. The highest BCUT2D eigenvalue weighted by atomic mass is 32.2. The minimum Gasteiger partial charge on any atom is -0.382 e. The number of hydrogen-bond acceptors (Lipinski definition) is 11. The SMILES string of the molecule is CNC(=O)C(CCCOC1CCN(CCCCN=C(N)NC(=O)c2nc(C)c(N)nc2N)CC1)SC=O. The number of carbonyl (C=O) groups is 3. The van der Waals surface area contributed by atoms with Gasteiger partial charge in [-0.3, -0.25) is 24.7 Å². The van der Waals surface area contributed by atoms with E-state index in [1.807, 2.05) is 0 Å². The van der Waals surface area contributed by atoms with E-state index in [1.54, 1.807) is 14.0 Å². The summed E-state index contributed by atoms with van der Waals surface area (Å²) in [5.41, 5.74) is 18.3. The van der Waals surface area contributed by atoms with Gasteiger partial charge in [0.05, 0.1) is 17.0 Å². The van der Waals surface area contributed by atoms with Crippen molar-refractivity contribution in [1.29, 1.82) is 0 Å². The predicted octanol–water partition coefficient (Wildman–Crippen LogP) is 0.0733. The van der Waals surface area contributed by atoms with E-state index in [-0.39, 0.29) is 40.6 Å². The molecular formula is C23H39N9O4S. The van der Waals surface area contributed by atoms with Crippen LogP contribution in [0.2, 0.25) is 0 Å². The average molecular weight is 538 g/mol. The molecule has 0 spiro atoms. The Hall–Kier alpha value is -2.97. The Bertz CT molecular complexity index is 939. The van der Waals surface area contributed by atoms with Crippen LogP contribution < -0.4 is 27.8 Å². The number of carbonyl (C=O) groups excluding carboxylic acids is 3. The third kappa shape index (κ3) is 10.5. The van der Waals surface area contributed by atoms with Crippen molar-refractivity contribution in [3.05, 3.63) is 11.4 Å². The monoisotopic (exact) mass is 537 g/mol. The van der Waals surface area contributed by atoms with Crippen LogP contribution in [0.1, 0.15) is 54.7 Å². The number of guanidine groups is 1. The van der Waals surface area contributed by atoms with Crippen molar-refractivity contribution in [3.63, 3.8) is 0 Å². The molecule has 1 atom stereocenters. The molecule has 0 bridgehead atoms. The maximum atomic E-state index is 12.3. The molecule has 0 aliphatic carbocycles. The number of amides is 2. The zero-order valence-corrected chi connectivity index (χ0v) is 22.4. The first kappa shape index (κ1) is 30.3. The normalized spacial score (nSPS) is 15.8. The van der Waals surface area contributed by atoms with Gasteiger partial charge in [0.15, 0.2) is 23.1 Å². The number of unbranched alkanes of at least 4 members (excludes halogenated alkanes) is 1. The van der Waals surface area contributed by atoms with Crippen LogP contribution in [0.15, 0.2) is 4.99 Å². The van der Waals surface area contributed by atoms with E-state index in [0.717, 1.165) is 63.5 Å². The van der Waals surface area contributed by atoms with E-state index in [9.17, 15) is 14.4 Å². The Morgan fingerprint density at radius 2 is 1.95 bits per heavy atom. The van der Waals surface area contributed by atoms with E-state index >= 15 is 0 Å². The molecule has 8 N–H and O–H groups in total. The number of piperidine rings is 1. The zero-order chi connectivity index (χ0) is 27.2. The standard InChI is InChI=1S/C23H39N9O4S/c1-15-19(24)30-20(25)18(29-15)22(35)31-23(26)28-9-3-4-10-32-11-7-16(8-12-32)36-13-5-6-17(37-14-33)21(34)27-2/h14,16-17H,3-13H2,1-2H3,(H,27,34)(H4,24,25,30)(H3,26,28,31,35). The average Bonchev–Trinajstić information content (AvgIpc) is 2.88. The fourth-order valence-electron chi connectivity index (χ4n) is 3.88. The summed E-state index contributed by atoms with van der Waals surface area (Å²) in [5.74, 6) is -0.593. The van der Waals surface area contributed by atoms with Gasteiger partial charge in [-0.2, -0.15) is 0 Å². The highest BCUT2D eigenvalue weighted by Crippen LogP contribution is 2.17. The van der Waals surface area contributed by atoms with Crippen molar-refractivity contribution < 1.29 is 19.1 Å². The van der Waals surface area contributed by atoms with Crippen molar-refractivity contribution >= 4 is 46.8 Å². The number of nitrogens with two attached hydrogens (primary N) is 3. The van der Waals surface area contributed by atoms with Crippen LogP contribution in [0, 0.1) is 6.92 Å². The molecule has 0 radical (unpaired) electrons. The molecule has 1 fully saturated rings. The number of thioether (sulfide) groups is 1. The molecule has 0 aromatic carbocycles. The zero-order valence-electron chi connectivity index (χ0n) is 21.6. The van der Waals surface area contributed by atoms with E-state index in [0.29, 0.717) is 30.9 Å². The number of anilines is 2. The molecule has 1 saturated heterocycles. The van der Waals surface area contributed by atoms with E-state index in [2.05, 4.69) is 30.5 Å². The van der Waals surface area contributed by atoms with Gasteiger partial charge >= 0.3 is 0 Å². The number of nitrogens with one attached hydrogen (secondary N) is 2. The van der Waals surface area contributed by atoms with Crippen LogP contribution in [0.4, 0.5) is 11.6 Å². The first-order valence-electron chi connectivity index (χ1n) is 12.4. The number of aromatic nitrogens is 2. The lowest BCUT2D eigenvalue weighted by Crippen LogP contribution is -2.38. The first-order valence-corrected chi connectivity index (χ1v) is 13.3. The molecule has 1 unspecified atom stereocenters. The summed E-state index contributed by atoms with van der Waals surface area (Å²) in [6.07, 6.45) is 5.31. The third-order valence-corrected chi connectivity index (χ3v) is 6.90. The third-order valence-electron chi connectivity index (χ3n) is 6.01. The number of ether oxygens (including phenoxy) is 1. The molecule has 2 heterocycles. The number of likely N-dealkylation sites (tertiary alicyclic amines) is 1. The van der Waals surface area contributed by atoms with Crippen LogP contribution >= 0.6 is 11.8 Å². The van der Waals surface area contributed by atoms with Crippen LogP contribution in [0.25, 0.3) is 0 Å². The minimum absolute atomic E-state index is 0.00466. The second kappa shape index (κ2) is 16.0. The smallest absolute Gasteiger partial charge is 0.280 e. The topological polar surface area (TPSA) is 204 Å². The largest absolute Gasteiger partial charge is 0.382 e. The molecular weight excluding hydrogens is 498 g/mol. The summed E-state index contributed by atoms with van der Waals surface area (Å²) in [6, 6.07) is 0. The lowest BCUT2D eigenvalue weighted by atomic mass is 10.1. The van der Waals surface area contributed by atoms with Crippen LogP contribution in [0.3, 0.4) is 0 Å². The van der Waals surface area contributed by atoms with Gasteiger partial charge in [0.1, 0.15) is 5.82 Å². The van der Waals surface area contributed by atoms with Gasteiger partial charge < -0.3 is 32.2 Å². The van der Waals surface area contributed by atoms with Crippen molar-refractivity contribution in [3.8, 4) is 0 Å². The maximum absolute atomic E-state index is 12.3. The minimum atomic E-state index is -0.578. The predicted molar refractivity (Wildman–Crippen MR) is 146 cm³/mol. The number of hydrogen-bond donors (Lipinski definition) is 5. The molecule has 0 saturated carbocycles. The van der Waals surface area contributed by atoms with Gasteiger partial charge in [0, 0.05) is 33.3 Å². The van der Waals surface area contributed by atoms with Gasteiger partial charge in [0.2, 0.25) is 5.91 Å². The molecule has 37 heavy (non-hydrogen) atoms. The Labute approximate surface area is 221 Å². The summed E-state index contributed by atoms with van der Waals surface area (Å²) in [5, 5.41) is 4.71.